The summed E-state index contributed by atoms with van der Waals surface area (Å²) < 4.78 is 0. The fourth-order valence-electron chi connectivity index (χ4n) is 1.70. The molecule has 1 unspecified atom stereocenters. The lowest BCUT2D eigenvalue weighted by molar-refractivity contribution is -0.128. The number of carbonyl (C=O) groups is 2. The van der Waals surface area contributed by atoms with Crippen molar-refractivity contribution in [2.24, 2.45) is 11.1 Å². The Morgan fingerprint density at radius 2 is 2.27 bits per heavy atom. The number of amides is 2. The molecule has 0 saturated heterocycles. The zero-order valence-electron chi connectivity index (χ0n) is 9.04. The second-order valence-corrected chi connectivity index (χ2v) is 3.65. The van der Waals surface area contributed by atoms with Gasteiger partial charge in [-0.2, -0.15) is 0 Å². The van der Waals surface area contributed by atoms with Crippen molar-refractivity contribution in [3.63, 3.8) is 0 Å². The smallest absolute Gasteiger partial charge is 0.248 e. The van der Waals surface area contributed by atoms with Gasteiger partial charge in [-0.15, -0.1) is 0 Å². The van der Waals surface area contributed by atoms with Crippen LogP contribution in [0.15, 0.2) is 23.8 Å². The van der Waals surface area contributed by atoms with E-state index in [1.165, 1.54) is 0 Å². The molecule has 0 bridgehead atoms. The zero-order chi connectivity index (χ0) is 11.5. The van der Waals surface area contributed by atoms with E-state index < -0.39 is 11.3 Å². The van der Waals surface area contributed by atoms with E-state index in [-0.39, 0.29) is 5.91 Å². The molecule has 1 rings (SSSR count). The first kappa shape index (κ1) is 11.5. The summed E-state index contributed by atoms with van der Waals surface area (Å²) in [5, 5.41) is 2.63. The van der Waals surface area contributed by atoms with Crippen molar-refractivity contribution >= 4 is 11.8 Å². The molecule has 15 heavy (non-hydrogen) atoms. The molecule has 0 saturated carbocycles. The molecule has 1 atom stereocenters. The quantitative estimate of drug-likeness (QED) is 0.709. The van der Waals surface area contributed by atoms with Crippen molar-refractivity contribution in [1.82, 2.24) is 5.32 Å². The number of rotatable bonds is 3. The maximum Gasteiger partial charge on any atom is 0.248 e. The maximum absolute atomic E-state index is 11.7. The molecule has 0 aromatic rings. The van der Waals surface area contributed by atoms with E-state index in [9.17, 15) is 9.59 Å². The summed E-state index contributed by atoms with van der Waals surface area (Å²) in [4.78, 5) is 22.6. The largest absolute Gasteiger partial charge is 0.366 e. The van der Waals surface area contributed by atoms with E-state index in [1.807, 2.05) is 6.92 Å². The Hall–Kier alpha value is -1.58. The Balaban J connectivity index is 2.90. The van der Waals surface area contributed by atoms with Gasteiger partial charge >= 0.3 is 0 Å². The maximum atomic E-state index is 11.7. The monoisotopic (exact) mass is 208 g/mol. The Morgan fingerprint density at radius 3 is 2.60 bits per heavy atom. The van der Waals surface area contributed by atoms with E-state index >= 15 is 0 Å². The number of primary amides is 1. The zero-order valence-corrected chi connectivity index (χ0v) is 9.04. The van der Waals surface area contributed by atoms with Crippen molar-refractivity contribution in [3.05, 3.63) is 23.8 Å². The lowest BCUT2D eigenvalue weighted by Crippen LogP contribution is -2.38. The molecule has 4 heteroatoms. The summed E-state index contributed by atoms with van der Waals surface area (Å²) in [6.45, 7) is 1.95. The Morgan fingerprint density at radius 1 is 1.60 bits per heavy atom. The highest BCUT2D eigenvalue weighted by molar-refractivity contribution is 5.96. The minimum Gasteiger partial charge on any atom is -0.366 e. The van der Waals surface area contributed by atoms with E-state index in [0.29, 0.717) is 18.4 Å². The summed E-state index contributed by atoms with van der Waals surface area (Å²) >= 11 is 0. The van der Waals surface area contributed by atoms with Gasteiger partial charge in [-0.1, -0.05) is 25.2 Å². The van der Waals surface area contributed by atoms with Crippen molar-refractivity contribution < 1.29 is 9.59 Å². The molecule has 82 valence electrons. The average molecular weight is 208 g/mol. The van der Waals surface area contributed by atoms with Crippen LogP contribution in [0.4, 0.5) is 0 Å². The summed E-state index contributed by atoms with van der Waals surface area (Å²) in [7, 11) is 1.61. The summed E-state index contributed by atoms with van der Waals surface area (Å²) in [6, 6.07) is 0. The predicted molar refractivity (Wildman–Crippen MR) is 57.8 cm³/mol. The molecule has 1 aliphatic carbocycles. The molecule has 3 N–H and O–H groups in total. The van der Waals surface area contributed by atoms with Crippen LogP contribution >= 0.6 is 0 Å². The van der Waals surface area contributed by atoms with Gasteiger partial charge in [-0.25, -0.2) is 0 Å². The van der Waals surface area contributed by atoms with Crippen molar-refractivity contribution in [2.45, 2.75) is 19.8 Å². The molecule has 0 radical (unpaired) electrons. The van der Waals surface area contributed by atoms with Crippen LogP contribution in [0.3, 0.4) is 0 Å². The molecule has 2 amide bonds. The van der Waals surface area contributed by atoms with Crippen LogP contribution < -0.4 is 11.1 Å². The first-order chi connectivity index (χ1) is 7.05. The van der Waals surface area contributed by atoms with Crippen molar-refractivity contribution in [2.75, 3.05) is 7.05 Å². The molecular weight excluding hydrogens is 192 g/mol. The van der Waals surface area contributed by atoms with Crippen LogP contribution in [-0.4, -0.2) is 18.9 Å². The number of nitrogens with one attached hydrogen (secondary N) is 1. The number of nitrogens with two attached hydrogens (primary N) is 1. The van der Waals surface area contributed by atoms with Crippen LogP contribution in [0.25, 0.3) is 0 Å². The molecule has 4 nitrogen and oxygen atoms in total. The minimum atomic E-state index is -0.520. The lowest BCUT2D eigenvalue weighted by Gasteiger charge is -2.28. The second-order valence-electron chi connectivity index (χ2n) is 3.65. The normalized spacial score (nSPS) is 24.5. The lowest BCUT2D eigenvalue weighted by atomic mass is 9.77. The van der Waals surface area contributed by atoms with Gasteiger partial charge in [0.2, 0.25) is 11.8 Å². The molecule has 0 aromatic carbocycles. The first-order valence-corrected chi connectivity index (χ1v) is 4.97. The molecule has 0 aliphatic heterocycles. The highest BCUT2D eigenvalue weighted by Crippen LogP contribution is 2.33. The third-order valence-corrected chi connectivity index (χ3v) is 2.86. The van der Waals surface area contributed by atoms with Crippen molar-refractivity contribution in [3.8, 4) is 0 Å². The third kappa shape index (κ3) is 2.09. The third-order valence-electron chi connectivity index (χ3n) is 2.86. The topological polar surface area (TPSA) is 72.2 Å². The van der Waals surface area contributed by atoms with Gasteiger partial charge in [-0.05, 0) is 12.8 Å². The summed E-state index contributed by atoms with van der Waals surface area (Å²) in [5.74, 6) is -0.478. The number of carbonyl (C=O) groups excluding carboxylic acids is 2. The van der Waals surface area contributed by atoms with Gasteiger partial charge in [0.15, 0.2) is 0 Å². The molecule has 0 spiro atoms. The van der Waals surface area contributed by atoms with Crippen LogP contribution in [0.2, 0.25) is 0 Å². The first-order valence-electron chi connectivity index (χ1n) is 4.97. The van der Waals surface area contributed by atoms with Gasteiger partial charge in [0.25, 0.3) is 0 Å². The van der Waals surface area contributed by atoms with Crippen molar-refractivity contribution in [1.29, 1.82) is 0 Å². The number of allylic oxidation sites excluding steroid dienone is 1. The molecule has 0 fully saturated rings. The second kappa shape index (κ2) is 4.29. The van der Waals surface area contributed by atoms with Crippen LogP contribution in [0.1, 0.15) is 19.8 Å². The summed E-state index contributed by atoms with van der Waals surface area (Å²) in [5.41, 5.74) is 5.10. The molecular formula is C11H16N2O2. The predicted octanol–water partition coefficient (Wildman–Crippen LogP) is 0.500. The number of hydrogen-bond donors (Lipinski definition) is 2. The average Bonchev–Trinajstić information content (AvgIpc) is 2.27. The molecule has 0 heterocycles. The highest BCUT2D eigenvalue weighted by atomic mass is 16.2. The van der Waals surface area contributed by atoms with Crippen LogP contribution in [0.5, 0.6) is 0 Å². The van der Waals surface area contributed by atoms with E-state index in [4.69, 9.17) is 5.73 Å². The molecule has 1 aliphatic rings. The van der Waals surface area contributed by atoms with Gasteiger partial charge in [0.05, 0.1) is 5.41 Å². The van der Waals surface area contributed by atoms with Gasteiger partial charge in [0, 0.05) is 12.6 Å². The van der Waals surface area contributed by atoms with Gasteiger partial charge < -0.3 is 11.1 Å². The van der Waals surface area contributed by atoms with E-state index in [1.54, 1.807) is 25.3 Å². The van der Waals surface area contributed by atoms with Crippen LogP contribution in [0, 0.1) is 5.41 Å². The highest BCUT2D eigenvalue weighted by Gasteiger charge is 2.34. The fraction of sp³-hybridized carbons (Fsp3) is 0.455. The fourth-order valence-corrected chi connectivity index (χ4v) is 1.70. The summed E-state index contributed by atoms with van der Waals surface area (Å²) in [6.07, 6.45) is 6.35. The van der Waals surface area contributed by atoms with Crippen LogP contribution in [-0.2, 0) is 9.59 Å². The standard InChI is InChI=1S/C11H16N2O2/c1-3-11(10(15)13-2)6-4-8(5-7-11)9(12)14/h4-6H,3,7H2,1-2H3,(H2,12,14)(H,13,15). The minimum absolute atomic E-state index is 0.0268. The van der Waals surface area contributed by atoms with Gasteiger partial charge in [-0.3, -0.25) is 9.59 Å². The van der Waals surface area contributed by atoms with Gasteiger partial charge in [0.1, 0.15) is 0 Å². The Bertz CT molecular complexity index is 344. The Kier molecular flexibility index (Phi) is 3.29. The molecule has 0 aromatic heterocycles. The van der Waals surface area contributed by atoms with E-state index in [0.717, 1.165) is 0 Å². The Labute approximate surface area is 89.2 Å². The number of hydrogen-bond acceptors (Lipinski definition) is 2. The SMILES string of the molecule is CCC1(C(=O)NC)C=CC(C(N)=O)=CC1. The van der Waals surface area contributed by atoms with E-state index in [2.05, 4.69) is 5.32 Å².